The molecule has 1 atom stereocenters. The maximum Gasteiger partial charge on any atom is 0.408 e. The maximum atomic E-state index is 13.6. The molecule has 0 radical (unpaired) electrons. The van der Waals surface area contributed by atoms with Crippen LogP contribution in [-0.4, -0.2) is 29.4 Å². The van der Waals surface area contributed by atoms with E-state index in [1.54, 1.807) is 27.7 Å². The Labute approximate surface area is 189 Å². The molecule has 0 heterocycles. The number of hydrogen-bond acceptors (Lipinski definition) is 6. The molecule has 1 amide bonds. The van der Waals surface area contributed by atoms with Crippen molar-refractivity contribution in [1.29, 1.82) is 0 Å². The topological polar surface area (TPSA) is 94.1 Å². The summed E-state index contributed by atoms with van der Waals surface area (Å²) in [4.78, 5) is 12.1. The molecule has 2 aromatic rings. The minimum Gasteiger partial charge on any atom is -0.444 e. The first-order valence-corrected chi connectivity index (χ1v) is 12.0. The number of alkyl carbamates (subject to hydrolysis) is 1. The van der Waals surface area contributed by atoms with Crippen LogP contribution >= 0.6 is 7.60 Å². The number of nitrogens with one attached hydrogen (secondary N) is 1. The van der Waals surface area contributed by atoms with Crippen molar-refractivity contribution >= 4 is 13.7 Å². The third-order valence-corrected chi connectivity index (χ3v) is 5.99. The molecule has 0 aliphatic heterocycles. The summed E-state index contributed by atoms with van der Waals surface area (Å²) < 4.78 is 30.2. The highest BCUT2D eigenvalue weighted by molar-refractivity contribution is 7.57. The Balaban J connectivity index is 2.18. The maximum absolute atomic E-state index is 13.6. The lowest BCUT2D eigenvalue weighted by molar-refractivity contribution is 0.0494. The van der Waals surface area contributed by atoms with Gasteiger partial charge in [-0.15, -0.1) is 0 Å². The molecule has 2 N–H and O–H groups in total. The molecular weight excluding hydrogens is 429 g/mol. The average molecular weight is 461 g/mol. The molecule has 8 heteroatoms. The fourth-order valence-corrected chi connectivity index (χ4v) is 4.24. The van der Waals surface area contributed by atoms with Gasteiger partial charge in [0.1, 0.15) is 5.60 Å². The largest absolute Gasteiger partial charge is 0.444 e. The molecule has 2 rings (SSSR count). The lowest BCUT2D eigenvalue weighted by Crippen LogP contribution is -2.41. The van der Waals surface area contributed by atoms with E-state index in [0.717, 1.165) is 11.1 Å². The van der Waals surface area contributed by atoms with Gasteiger partial charge in [0.05, 0.1) is 25.9 Å². The van der Waals surface area contributed by atoms with Gasteiger partial charge in [0.15, 0.2) is 0 Å². The van der Waals surface area contributed by atoms with Crippen LogP contribution in [0.1, 0.15) is 38.8 Å². The van der Waals surface area contributed by atoms with E-state index in [4.69, 9.17) is 13.8 Å². The van der Waals surface area contributed by atoms with Crippen molar-refractivity contribution in [1.82, 2.24) is 5.32 Å². The van der Waals surface area contributed by atoms with Crippen LogP contribution in [0, 0.1) is 0 Å². The molecular formula is C24H32NO6P. The van der Waals surface area contributed by atoms with Gasteiger partial charge in [-0.25, -0.2) is 4.79 Å². The van der Waals surface area contributed by atoms with E-state index >= 15 is 0 Å². The number of hydrogen-bond donors (Lipinski definition) is 2. The number of aliphatic hydroxyl groups excluding tert-OH is 1. The molecule has 7 nitrogen and oxygen atoms in total. The first kappa shape index (κ1) is 25.8. The van der Waals surface area contributed by atoms with Crippen molar-refractivity contribution in [3.05, 3.63) is 83.2 Å². The second kappa shape index (κ2) is 12.0. The van der Waals surface area contributed by atoms with Gasteiger partial charge >= 0.3 is 13.7 Å². The number of rotatable bonds is 10. The van der Waals surface area contributed by atoms with E-state index in [-0.39, 0.29) is 13.2 Å². The zero-order valence-corrected chi connectivity index (χ0v) is 19.9. The summed E-state index contributed by atoms with van der Waals surface area (Å²) in [5.74, 6) is 1.34. The molecule has 0 unspecified atom stereocenters. The van der Waals surface area contributed by atoms with Crippen molar-refractivity contribution in [3.63, 3.8) is 0 Å². The second-order valence-electron chi connectivity index (χ2n) is 8.31. The van der Waals surface area contributed by atoms with E-state index in [9.17, 15) is 14.5 Å². The molecule has 0 spiro atoms. The van der Waals surface area contributed by atoms with E-state index in [0.29, 0.717) is 5.57 Å². The van der Waals surface area contributed by atoms with E-state index in [1.165, 1.54) is 5.82 Å². The van der Waals surface area contributed by atoms with Crippen molar-refractivity contribution < 1.29 is 28.3 Å². The van der Waals surface area contributed by atoms with Crippen LogP contribution in [0.2, 0.25) is 0 Å². The van der Waals surface area contributed by atoms with Crippen molar-refractivity contribution in [2.45, 2.75) is 52.6 Å². The summed E-state index contributed by atoms with van der Waals surface area (Å²) >= 11 is 0. The van der Waals surface area contributed by atoms with Gasteiger partial charge in [-0.1, -0.05) is 60.7 Å². The van der Waals surface area contributed by atoms with Gasteiger partial charge in [-0.2, -0.15) is 0 Å². The molecule has 0 aromatic heterocycles. The Kier molecular flexibility index (Phi) is 9.66. The summed E-state index contributed by atoms with van der Waals surface area (Å²) in [6, 6.07) is 17.8. The second-order valence-corrected chi connectivity index (χ2v) is 10.2. The average Bonchev–Trinajstić information content (AvgIpc) is 2.75. The number of amides is 1. The Morgan fingerprint density at radius 3 is 1.88 bits per heavy atom. The quantitative estimate of drug-likeness (QED) is 0.460. The van der Waals surface area contributed by atoms with Crippen LogP contribution < -0.4 is 5.32 Å². The minimum atomic E-state index is -3.72. The van der Waals surface area contributed by atoms with Crippen LogP contribution in [0.25, 0.3) is 0 Å². The van der Waals surface area contributed by atoms with Gasteiger partial charge in [0.2, 0.25) is 0 Å². The lowest BCUT2D eigenvalue weighted by Gasteiger charge is -2.24. The predicted octanol–water partition coefficient (Wildman–Crippen LogP) is 5.40. The standard InChI is InChI=1S/C24H32NO6P/c1-19(22(15-26)25-23(27)31-24(2,3)4)18-32(28,29-16-20-11-7-5-8-12-20)30-17-21-13-9-6-10-14-21/h5-14,18,22,26H,15-17H2,1-4H3,(H,25,27)/b19-18+/t22-/m0/s1. The van der Waals surface area contributed by atoms with Crippen molar-refractivity contribution in [2.75, 3.05) is 6.61 Å². The van der Waals surface area contributed by atoms with Crippen LogP contribution in [0.15, 0.2) is 72.1 Å². The zero-order chi connectivity index (χ0) is 23.6. The summed E-state index contributed by atoms with van der Waals surface area (Å²) in [6.45, 7) is 6.63. The summed E-state index contributed by atoms with van der Waals surface area (Å²) in [5, 5.41) is 12.4. The summed E-state index contributed by atoms with van der Waals surface area (Å²) in [5.41, 5.74) is 1.43. The number of carbonyl (C=O) groups is 1. The van der Waals surface area contributed by atoms with Crippen LogP contribution in [0.3, 0.4) is 0 Å². The smallest absolute Gasteiger partial charge is 0.408 e. The fraction of sp³-hybridized carbons (Fsp3) is 0.375. The molecule has 174 valence electrons. The van der Waals surface area contributed by atoms with Gasteiger partial charge < -0.3 is 24.2 Å². The monoisotopic (exact) mass is 461 g/mol. The SMILES string of the molecule is C/C(=C\P(=O)(OCc1ccccc1)OCc1ccccc1)[C@H](CO)NC(=O)OC(C)(C)C. The molecule has 2 aromatic carbocycles. The molecule has 0 aliphatic carbocycles. The first-order chi connectivity index (χ1) is 15.1. The van der Waals surface area contributed by atoms with E-state index < -0.39 is 31.9 Å². The molecule has 0 bridgehead atoms. The lowest BCUT2D eigenvalue weighted by atomic mass is 10.1. The first-order valence-electron chi connectivity index (χ1n) is 10.4. The van der Waals surface area contributed by atoms with Gasteiger partial charge in [-0.3, -0.25) is 4.57 Å². The third-order valence-electron chi connectivity index (χ3n) is 4.29. The molecule has 32 heavy (non-hydrogen) atoms. The van der Waals surface area contributed by atoms with Crippen molar-refractivity contribution in [2.24, 2.45) is 0 Å². The van der Waals surface area contributed by atoms with Crippen LogP contribution in [0.4, 0.5) is 4.79 Å². The van der Waals surface area contributed by atoms with Gasteiger partial charge in [0, 0.05) is 5.82 Å². The normalized spacial score (nSPS) is 13.5. The Morgan fingerprint density at radius 1 is 1.00 bits per heavy atom. The Bertz CT molecular complexity index is 877. The molecule has 0 saturated heterocycles. The molecule has 0 saturated carbocycles. The summed E-state index contributed by atoms with van der Waals surface area (Å²) in [7, 11) is -3.72. The minimum absolute atomic E-state index is 0.0833. The Hall–Kier alpha value is -2.44. The van der Waals surface area contributed by atoms with Crippen molar-refractivity contribution in [3.8, 4) is 0 Å². The number of benzene rings is 2. The van der Waals surface area contributed by atoms with Crippen LogP contribution in [-0.2, 0) is 31.6 Å². The molecule has 0 fully saturated rings. The zero-order valence-electron chi connectivity index (χ0n) is 19.0. The third kappa shape index (κ3) is 9.37. The van der Waals surface area contributed by atoms with Crippen LogP contribution in [0.5, 0.6) is 0 Å². The van der Waals surface area contributed by atoms with Gasteiger partial charge in [0.25, 0.3) is 0 Å². The highest BCUT2D eigenvalue weighted by Gasteiger charge is 2.26. The molecule has 0 aliphatic rings. The summed E-state index contributed by atoms with van der Waals surface area (Å²) in [6.07, 6.45) is -0.686. The Morgan fingerprint density at radius 2 is 1.47 bits per heavy atom. The number of ether oxygens (including phenoxy) is 1. The predicted molar refractivity (Wildman–Crippen MR) is 124 cm³/mol. The van der Waals surface area contributed by atoms with E-state index in [2.05, 4.69) is 5.32 Å². The highest BCUT2D eigenvalue weighted by atomic mass is 31.2. The number of aliphatic hydroxyl groups is 1. The van der Waals surface area contributed by atoms with Gasteiger partial charge in [-0.05, 0) is 44.4 Å². The number of carbonyl (C=O) groups excluding carboxylic acids is 1. The highest BCUT2D eigenvalue weighted by Crippen LogP contribution is 2.52. The fourth-order valence-electron chi connectivity index (χ4n) is 2.68. The van der Waals surface area contributed by atoms with E-state index in [1.807, 2.05) is 60.7 Å².